The van der Waals surface area contributed by atoms with Crippen molar-refractivity contribution in [2.24, 2.45) is 0 Å². The second kappa shape index (κ2) is 7.32. The SMILES string of the molecule is CC[PH2+]CC.F[B-](F)(F)F. The molecule has 0 amide bonds. The van der Waals surface area contributed by atoms with Crippen LogP contribution in [0.4, 0.5) is 17.3 Å². The summed E-state index contributed by atoms with van der Waals surface area (Å²) in [4.78, 5) is 0. The van der Waals surface area contributed by atoms with Crippen LogP contribution < -0.4 is 0 Å². The van der Waals surface area contributed by atoms with Gasteiger partial charge in [0.05, 0.1) is 12.3 Å². The van der Waals surface area contributed by atoms with Gasteiger partial charge in [0, 0.05) is 0 Å². The molecule has 64 valence electrons. The Morgan fingerprint density at radius 1 is 1.00 bits per heavy atom. The first-order valence-corrected chi connectivity index (χ1v) is 4.74. The predicted molar refractivity (Wildman–Crippen MR) is 41.0 cm³/mol. The molecule has 10 heavy (non-hydrogen) atoms. The van der Waals surface area contributed by atoms with Crippen molar-refractivity contribution in [2.75, 3.05) is 12.3 Å². The lowest BCUT2D eigenvalue weighted by atomic mass is 10.3. The molecule has 0 aromatic carbocycles. The third kappa shape index (κ3) is 87.2. The zero-order valence-electron chi connectivity index (χ0n) is 6.08. The van der Waals surface area contributed by atoms with E-state index < -0.39 is 7.25 Å². The molecule has 0 aromatic heterocycles. The maximum atomic E-state index is 9.75. The van der Waals surface area contributed by atoms with E-state index in [9.17, 15) is 17.3 Å². The molecule has 0 aliphatic heterocycles. The van der Waals surface area contributed by atoms with Gasteiger partial charge in [-0.05, 0) is 22.4 Å². The molecule has 6 heteroatoms. The van der Waals surface area contributed by atoms with Gasteiger partial charge in [0.15, 0.2) is 0 Å². The Kier molecular flexibility index (Phi) is 9.41. The summed E-state index contributed by atoms with van der Waals surface area (Å²) in [5, 5.41) is 0. The van der Waals surface area contributed by atoms with Crippen LogP contribution >= 0.6 is 8.58 Å². The molecule has 0 saturated heterocycles. The smallest absolute Gasteiger partial charge is 0.418 e. The first kappa shape index (κ1) is 12.9. The Morgan fingerprint density at radius 3 is 1.20 bits per heavy atom. The topological polar surface area (TPSA) is 0 Å². The molecule has 0 nitrogen and oxygen atoms in total. The molecule has 0 aliphatic rings. The van der Waals surface area contributed by atoms with Gasteiger partial charge < -0.3 is 17.3 Å². The van der Waals surface area contributed by atoms with Crippen molar-refractivity contribution in [1.82, 2.24) is 0 Å². The van der Waals surface area contributed by atoms with Crippen molar-refractivity contribution in [3.05, 3.63) is 0 Å². The normalized spacial score (nSPS) is 10.2. The summed E-state index contributed by atoms with van der Waals surface area (Å²) >= 11 is 0. The molecule has 0 aliphatic carbocycles. The lowest BCUT2D eigenvalue weighted by Crippen LogP contribution is -2.02. The van der Waals surface area contributed by atoms with Crippen molar-refractivity contribution < 1.29 is 17.3 Å². The largest absolute Gasteiger partial charge is 0.673 e. The molecule has 0 aromatic rings. The minimum Gasteiger partial charge on any atom is -0.418 e. The second-order valence-electron chi connectivity index (χ2n) is 1.60. The Hall–Kier alpha value is 0.215. The Labute approximate surface area is 60.3 Å². The van der Waals surface area contributed by atoms with Gasteiger partial charge in [0.2, 0.25) is 0 Å². The van der Waals surface area contributed by atoms with Crippen molar-refractivity contribution in [3.63, 3.8) is 0 Å². The molecular weight excluding hydrogens is 166 g/mol. The molecule has 0 atom stereocenters. The van der Waals surface area contributed by atoms with Crippen LogP contribution in [0, 0.1) is 0 Å². The lowest BCUT2D eigenvalue weighted by Gasteiger charge is -1.94. The van der Waals surface area contributed by atoms with Crippen LogP contribution in [0.3, 0.4) is 0 Å². The van der Waals surface area contributed by atoms with E-state index in [0.717, 1.165) is 8.58 Å². The zero-order valence-corrected chi connectivity index (χ0v) is 7.24. The van der Waals surface area contributed by atoms with E-state index in [1.54, 1.807) is 0 Å². The summed E-state index contributed by atoms with van der Waals surface area (Å²) in [7, 11) is -5.19. The van der Waals surface area contributed by atoms with Gasteiger partial charge in [-0.3, -0.25) is 0 Å². The van der Waals surface area contributed by atoms with E-state index in [1.165, 1.54) is 12.3 Å². The van der Waals surface area contributed by atoms with Crippen LogP contribution in [-0.2, 0) is 0 Å². The number of rotatable bonds is 2. The second-order valence-corrected chi connectivity index (χ2v) is 3.81. The highest BCUT2D eigenvalue weighted by Crippen LogP contribution is 2.06. The van der Waals surface area contributed by atoms with Crippen LogP contribution in [0.5, 0.6) is 0 Å². The minimum absolute atomic E-state index is 0.815. The molecule has 0 N–H and O–H groups in total. The molecular formula is C4H12BF4P. The van der Waals surface area contributed by atoms with E-state index in [4.69, 9.17) is 0 Å². The van der Waals surface area contributed by atoms with E-state index in [2.05, 4.69) is 13.8 Å². The van der Waals surface area contributed by atoms with Crippen LogP contribution in [0.15, 0.2) is 0 Å². The van der Waals surface area contributed by atoms with E-state index in [0.29, 0.717) is 0 Å². The third-order valence-electron chi connectivity index (χ3n) is 0.577. The summed E-state index contributed by atoms with van der Waals surface area (Å²) in [6, 6.07) is 0. The van der Waals surface area contributed by atoms with Crippen LogP contribution in [0.1, 0.15) is 13.8 Å². The van der Waals surface area contributed by atoms with Crippen molar-refractivity contribution in [3.8, 4) is 0 Å². The average molecular weight is 178 g/mol. The molecule has 0 spiro atoms. The van der Waals surface area contributed by atoms with E-state index in [1.807, 2.05) is 0 Å². The monoisotopic (exact) mass is 178 g/mol. The van der Waals surface area contributed by atoms with Crippen LogP contribution in [0.2, 0.25) is 0 Å². The first-order chi connectivity index (χ1) is 4.41. The van der Waals surface area contributed by atoms with Crippen molar-refractivity contribution in [2.45, 2.75) is 13.8 Å². The quantitative estimate of drug-likeness (QED) is 0.346. The fraction of sp³-hybridized carbons (Fsp3) is 1.00. The highest BCUT2D eigenvalue weighted by atomic mass is 31.1. The lowest BCUT2D eigenvalue weighted by molar-refractivity contribution is 0.368. The number of halogens is 4. The minimum atomic E-state index is -6.00. The fourth-order valence-corrected chi connectivity index (χ4v) is 0.866. The van der Waals surface area contributed by atoms with Crippen LogP contribution in [0.25, 0.3) is 0 Å². The average Bonchev–Trinajstić information content (AvgIpc) is 1.63. The summed E-state index contributed by atoms with van der Waals surface area (Å²) in [6.07, 6.45) is 2.85. The van der Waals surface area contributed by atoms with Crippen LogP contribution in [-0.4, -0.2) is 19.6 Å². The highest BCUT2D eigenvalue weighted by molar-refractivity contribution is 7.37. The first-order valence-electron chi connectivity index (χ1n) is 3.10. The predicted octanol–water partition coefficient (Wildman–Crippen LogP) is 2.74. The summed E-state index contributed by atoms with van der Waals surface area (Å²) in [6.45, 7) is 4.50. The molecule has 0 saturated carbocycles. The standard InChI is InChI=1S/C4H11P.BF4/c1-3-5-4-2;2-1(3,4)5/h5H,3-4H2,1-2H3;/q;-1/p+1. The Balaban J connectivity index is 0. The summed E-state index contributed by atoms with van der Waals surface area (Å²) in [5.41, 5.74) is 0. The number of hydrogen-bond acceptors (Lipinski definition) is 0. The molecule has 0 rings (SSSR count). The van der Waals surface area contributed by atoms with Gasteiger partial charge in [-0.2, -0.15) is 0 Å². The highest BCUT2D eigenvalue weighted by Gasteiger charge is 2.20. The Morgan fingerprint density at radius 2 is 1.20 bits per heavy atom. The Bertz CT molecular complexity index is 56.8. The van der Waals surface area contributed by atoms with E-state index in [-0.39, 0.29) is 0 Å². The van der Waals surface area contributed by atoms with Gasteiger partial charge in [-0.15, -0.1) is 0 Å². The van der Waals surface area contributed by atoms with Crippen molar-refractivity contribution >= 4 is 15.8 Å². The van der Waals surface area contributed by atoms with E-state index >= 15 is 0 Å². The maximum Gasteiger partial charge on any atom is 0.673 e. The molecule has 0 radical (unpaired) electrons. The molecule has 0 fully saturated rings. The van der Waals surface area contributed by atoms with Gasteiger partial charge in [0.1, 0.15) is 0 Å². The van der Waals surface area contributed by atoms with Gasteiger partial charge in [-0.1, -0.05) is 0 Å². The maximum absolute atomic E-state index is 9.75. The molecule has 0 unspecified atom stereocenters. The zero-order chi connectivity index (χ0) is 8.62. The fourth-order valence-electron chi connectivity index (χ4n) is 0.289. The summed E-state index contributed by atoms with van der Waals surface area (Å²) in [5.74, 6) is 0. The third-order valence-corrected chi connectivity index (χ3v) is 1.73. The van der Waals surface area contributed by atoms with Gasteiger partial charge >= 0.3 is 7.25 Å². The summed E-state index contributed by atoms with van der Waals surface area (Å²) < 4.78 is 39.0. The molecule has 0 bridgehead atoms. The van der Waals surface area contributed by atoms with Gasteiger partial charge in [-0.25, -0.2) is 0 Å². The van der Waals surface area contributed by atoms with Crippen molar-refractivity contribution in [1.29, 1.82) is 0 Å². The molecule has 0 heterocycles. The number of hydrogen-bond donors (Lipinski definition) is 0. The van der Waals surface area contributed by atoms with Gasteiger partial charge in [0.25, 0.3) is 0 Å².